The molecule has 0 fully saturated rings. The van der Waals surface area contributed by atoms with Gasteiger partial charge in [-0.1, -0.05) is 36.4 Å². The van der Waals surface area contributed by atoms with Crippen molar-refractivity contribution >= 4 is 17.0 Å². The fourth-order valence-electron chi connectivity index (χ4n) is 2.40. The number of aliphatic hydroxyl groups is 1. The number of nitrogens with one attached hydrogen (secondary N) is 2. The fraction of sp³-hybridized carbons (Fsp3) is 0.167. The number of fused-ring (bicyclic) bond motifs is 1. The van der Waals surface area contributed by atoms with Crippen LogP contribution in [0.5, 0.6) is 0 Å². The molecule has 2 amide bonds. The number of furan rings is 1. The Morgan fingerprint density at radius 3 is 2.67 bits per heavy atom. The second kappa shape index (κ2) is 7.14. The molecule has 3 rings (SSSR count). The quantitative estimate of drug-likeness (QED) is 0.674. The highest BCUT2D eigenvalue weighted by Crippen LogP contribution is 2.18. The van der Waals surface area contributed by atoms with Crippen molar-refractivity contribution in [3.8, 4) is 0 Å². The Hall–Kier alpha value is -2.86. The van der Waals surface area contributed by atoms with Gasteiger partial charge >= 0.3 is 6.03 Å². The normalized spacial score (nSPS) is 12.1. The van der Waals surface area contributed by atoms with E-state index in [1.165, 1.54) is 12.1 Å². The molecule has 5 nitrogen and oxygen atoms in total. The predicted octanol–water partition coefficient (Wildman–Crippen LogP) is 3.10. The van der Waals surface area contributed by atoms with Gasteiger partial charge in [0, 0.05) is 17.5 Å². The van der Waals surface area contributed by atoms with Crippen molar-refractivity contribution in [2.24, 2.45) is 0 Å². The van der Waals surface area contributed by atoms with Crippen molar-refractivity contribution in [1.82, 2.24) is 10.6 Å². The van der Waals surface area contributed by atoms with Crippen LogP contribution >= 0.6 is 0 Å². The molecular weight excluding hydrogens is 311 g/mol. The van der Waals surface area contributed by atoms with E-state index in [9.17, 15) is 14.3 Å². The van der Waals surface area contributed by atoms with Crippen molar-refractivity contribution in [2.45, 2.75) is 12.6 Å². The van der Waals surface area contributed by atoms with Crippen LogP contribution in [-0.2, 0) is 6.54 Å². The summed E-state index contributed by atoms with van der Waals surface area (Å²) in [4.78, 5) is 11.8. The van der Waals surface area contributed by atoms with Gasteiger partial charge in [-0.25, -0.2) is 9.18 Å². The molecule has 6 heteroatoms. The van der Waals surface area contributed by atoms with E-state index in [0.29, 0.717) is 5.76 Å². The Labute approximate surface area is 138 Å². The number of hydrogen-bond donors (Lipinski definition) is 3. The van der Waals surface area contributed by atoms with Crippen LogP contribution in [0, 0.1) is 5.82 Å². The fourth-order valence-corrected chi connectivity index (χ4v) is 2.40. The maximum Gasteiger partial charge on any atom is 0.315 e. The third-order valence-electron chi connectivity index (χ3n) is 3.62. The molecular formula is C18H17FN2O3. The molecule has 0 saturated carbocycles. The van der Waals surface area contributed by atoms with Gasteiger partial charge in [-0.05, 0) is 18.2 Å². The molecule has 3 aromatic rings. The highest BCUT2D eigenvalue weighted by Gasteiger charge is 2.13. The van der Waals surface area contributed by atoms with Crippen molar-refractivity contribution in [1.29, 1.82) is 0 Å². The van der Waals surface area contributed by atoms with Crippen LogP contribution in [-0.4, -0.2) is 17.7 Å². The zero-order valence-corrected chi connectivity index (χ0v) is 12.8. The Bertz CT molecular complexity index is 814. The summed E-state index contributed by atoms with van der Waals surface area (Å²) in [5.41, 5.74) is 0.903. The van der Waals surface area contributed by atoms with Crippen LogP contribution in [0.4, 0.5) is 9.18 Å². The molecule has 0 aliphatic heterocycles. The van der Waals surface area contributed by atoms with Gasteiger partial charge in [0.15, 0.2) is 0 Å². The first-order valence-electron chi connectivity index (χ1n) is 7.55. The molecule has 0 saturated heterocycles. The maximum atomic E-state index is 13.5. The van der Waals surface area contributed by atoms with E-state index in [2.05, 4.69) is 10.6 Å². The molecule has 0 spiro atoms. The highest BCUT2D eigenvalue weighted by molar-refractivity contribution is 5.78. The molecule has 0 aliphatic rings. The number of para-hydroxylation sites is 1. The molecule has 1 heterocycles. The van der Waals surface area contributed by atoms with Gasteiger partial charge < -0.3 is 20.2 Å². The standard InChI is InChI=1S/C18H17FN2O3/c19-15-7-3-2-6-14(15)16(22)11-21-18(23)20-10-13-9-12-5-1-4-8-17(12)24-13/h1-9,16,22H,10-11H2,(H2,20,21,23). The predicted molar refractivity (Wildman–Crippen MR) is 87.8 cm³/mol. The van der Waals surface area contributed by atoms with E-state index in [1.807, 2.05) is 30.3 Å². The molecule has 124 valence electrons. The van der Waals surface area contributed by atoms with Gasteiger partial charge in [-0.15, -0.1) is 0 Å². The number of rotatable bonds is 5. The minimum Gasteiger partial charge on any atom is -0.459 e. The second-order valence-corrected chi connectivity index (χ2v) is 5.35. The number of halogens is 1. The lowest BCUT2D eigenvalue weighted by Crippen LogP contribution is -2.37. The smallest absolute Gasteiger partial charge is 0.315 e. The largest absolute Gasteiger partial charge is 0.459 e. The molecule has 2 aromatic carbocycles. The third kappa shape index (κ3) is 3.72. The number of aliphatic hydroxyl groups excluding tert-OH is 1. The summed E-state index contributed by atoms with van der Waals surface area (Å²) in [6.07, 6.45) is -1.11. The summed E-state index contributed by atoms with van der Waals surface area (Å²) in [7, 11) is 0. The summed E-state index contributed by atoms with van der Waals surface area (Å²) in [5, 5.41) is 16.0. The molecule has 0 radical (unpaired) electrons. The Kier molecular flexibility index (Phi) is 4.77. The lowest BCUT2D eigenvalue weighted by molar-refractivity contribution is 0.168. The van der Waals surface area contributed by atoms with Gasteiger partial charge in [0.05, 0.1) is 12.6 Å². The monoisotopic (exact) mass is 328 g/mol. The average Bonchev–Trinajstić information content (AvgIpc) is 3.01. The molecule has 1 unspecified atom stereocenters. The summed E-state index contributed by atoms with van der Waals surface area (Å²) >= 11 is 0. The van der Waals surface area contributed by atoms with Crippen LogP contribution < -0.4 is 10.6 Å². The van der Waals surface area contributed by atoms with E-state index in [4.69, 9.17) is 4.42 Å². The molecule has 0 aliphatic carbocycles. The number of amides is 2. The van der Waals surface area contributed by atoms with Crippen LogP contribution in [0.3, 0.4) is 0 Å². The van der Waals surface area contributed by atoms with Gasteiger partial charge in [0.25, 0.3) is 0 Å². The minimum absolute atomic E-state index is 0.0904. The van der Waals surface area contributed by atoms with Crippen LogP contribution in [0.1, 0.15) is 17.4 Å². The second-order valence-electron chi connectivity index (χ2n) is 5.35. The Morgan fingerprint density at radius 2 is 1.88 bits per heavy atom. The summed E-state index contributed by atoms with van der Waals surface area (Å²) in [6, 6.07) is 14.9. The Morgan fingerprint density at radius 1 is 1.12 bits per heavy atom. The number of carbonyl (C=O) groups excluding carboxylic acids is 1. The first kappa shape index (κ1) is 16.0. The molecule has 24 heavy (non-hydrogen) atoms. The number of hydrogen-bond acceptors (Lipinski definition) is 3. The van der Waals surface area contributed by atoms with E-state index < -0.39 is 18.0 Å². The van der Waals surface area contributed by atoms with Gasteiger partial charge in [0.2, 0.25) is 0 Å². The maximum absolute atomic E-state index is 13.5. The number of benzene rings is 2. The number of carbonyl (C=O) groups is 1. The SMILES string of the molecule is O=C(NCc1cc2ccccc2o1)NCC(O)c1ccccc1F. The van der Waals surface area contributed by atoms with E-state index in [1.54, 1.807) is 12.1 Å². The van der Waals surface area contributed by atoms with E-state index in [-0.39, 0.29) is 18.7 Å². The highest BCUT2D eigenvalue weighted by atomic mass is 19.1. The summed E-state index contributed by atoms with van der Waals surface area (Å²) < 4.78 is 19.1. The van der Waals surface area contributed by atoms with E-state index >= 15 is 0 Å². The first-order chi connectivity index (χ1) is 11.6. The van der Waals surface area contributed by atoms with Crippen molar-refractivity contribution in [2.75, 3.05) is 6.54 Å². The van der Waals surface area contributed by atoms with E-state index in [0.717, 1.165) is 11.0 Å². The summed E-state index contributed by atoms with van der Waals surface area (Å²) in [6.45, 7) is 0.128. The lowest BCUT2D eigenvalue weighted by atomic mass is 10.1. The molecule has 0 bridgehead atoms. The van der Waals surface area contributed by atoms with Crippen molar-refractivity contribution in [3.05, 3.63) is 71.7 Å². The topological polar surface area (TPSA) is 74.5 Å². The van der Waals surface area contributed by atoms with Crippen LogP contribution in [0.2, 0.25) is 0 Å². The molecule has 1 aromatic heterocycles. The average molecular weight is 328 g/mol. The van der Waals surface area contributed by atoms with Gasteiger partial charge in [-0.2, -0.15) is 0 Å². The van der Waals surface area contributed by atoms with Crippen LogP contribution in [0.25, 0.3) is 11.0 Å². The van der Waals surface area contributed by atoms with Crippen LogP contribution in [0.15, 0.2) is 59.0 Å². The van der Waals surface area contributed by atoms with Gasteiger partial charge in [0.1, 0.15) is 17.2 Å². The number of urea groups is 1. The first-order valence-corrected chi connectivity index (χ1v) is 7.55. The van der Waals surface area contributed by atoms with Crippen molar-refractivity contribution < 1.29 is 18.7 Å². The molecule has 1 atom stereocenters. The molecule has 3 N–H and O–H groups in total. The zero-order valence-electron chi connectivity index (χ0n) is 12.8. The van der Waals surface area contributed by atoms with Crippen molar-refractivity contribution in [3.63, 3.8) is 0 Å². The summed E-state index contributed by atoms with van der Waals surface area (Å²) in [5.74, 6) is 0.121. The minimum atomic E-state index is -1.11. The zero-order chi connectivity index (χ0) is 16.9. The Balaban J connectivity index is 1.50. The third-order valence-corrected chi connectivity index (χ3v) is 3.62. The lowest BCUT2D eigenvalue weighted by Gasteiger charge is -2.13. The van der Waals surface area contributed by atoms with Gasteiger partial charge in [-0.3, -0.25) is 0 Å².